The molecule has 0 bridgehead atoms. The number of halogens is 1. The summed E-state index contributed by atoms with van der Waals surface area (Å²) in [4.78, 5) is 9.50. The molecule has 8 heteroatoms. The summed E-state index contributed by atoms with van der Waals surface area (Å²) < 4.78 is 11.0. The maximum absolute atomic E-state index is 5.53. The SMILES string of the molecule is CN=C(NCCN1CCOCC1)NCC1(CN2CCOCC2)CCCCC1.I. The second-order valence-corrected chi connectivity index (χ2v) is 8.26. The van der Waals surface area contributed by atoms with Crippen LogP contribution in [0.4, 0.5) is 0 Å². The van der Waals surface area contributed by atoms with Crippen LogP contribution in [0.15, 0.2) is 4.99 Å². The first-order chi connectivity index (χ1) is 13.3. The second-order valence-electron chi connectivity index (χ2n) is 8.26. The summed E-state index contributed by atoms with van der Waals surface area (Å²) in [5.74, 6) is 0.940. The summed E-state index contributed by atoms with van der Waals surface area (Å²) in [6.07, 6.45) is 6.74. The van der Waals surface area contributed by atoms with E-state index in [4.69, 9.17) is 9.47 Å². The number of morpholine rings is 2. The Morgan fingerprint density at radius 2 is 1.50 bits per heavy atom. The van der Waals surface area contributed by atoms with Crippen LogP contribution in [0.3, 0.4) is 0 Å². The minimum absolute atomic E-state index is 0. The van der Waals surface area contributed by atoms with E-state index in [0.29, 0.717) is 5.41 Å². The largest absolute Gasteiger partial charge is 0.379 e. The molecule has 0 aromatic rings. The highest BCUT2D eigenvalue weighted by Crippen LogP contribution is 2.36. The quantitative estimate of drug-likeness (QED) is 0.308. The molecule has 2 saturated heterocycles. The van der Waals surface area contributed by atoms with Gasteiger partial charge in [-0.3, -0.25) is 14.8 Å². The summed E-state index contributed by atoms with van der Waals surface area (Å²) in [5, 5.41) is 7.15. The third kappa shape index (κ3) is 7.93. The fraction of sp³-hybridized carbons (Fsp3) is 0.950. The van der Waals surface area contributed by atoms with E-state index in [2.05, 4.69) is 25.4 Å². The van der Waals surface area contributed by atoms with Crippen LogP contribution in [0.2, 0.25) is 0 Å². The molecule has 3 fully saturated rings. The molecule has 0 aromatic carbocycles. The Labute approximate surface area is 188 Å². The van der Waals surface area contributed by atoms with Crippen molar-refractivity contribution in [1.29, 1.82) is 0 Å². The Morgan fingerprint density at radius 3 is 2.11 bits per heavy atom. The van der Waals surface area contributed by atoms with Gasteiger partial charge in [-0.1, -0.05) is 19.3 Å². The standard InChI is InChI=1S/C20H39N5O2.HI/c1-21-19(22-7-8-24-9-13-26-14-10-24)23-17-20(5-3-2-4-6-20)18-25-11-15-27-16-12-25;/h2-18H2,1H3,(H2,21,22,23);1H. The molecule has 3 rings (SSSR count). The number of ether oxygens (including phenoxy) is 2. The number of nitrogens with one attached hydrogen (secondary N) is 2. The van der Waals surface area contributed by atoms with Crippen molar-refractivity contribution in [2.24, 2.45) is 10.4 Å². The van der Waals surface area contributed by atoms with Gasteiger partial charge in [-0.2, -0.15) is 0 Å². The van der Waals surface area contributed by atoms with Crippen LogP contribution in [-0.2, 0) is 9.47 Å². The zero-order valence-electron chi connectivity index (χ0n) is 17.6. The van der Waals surface area contributed by atoms with Crippen molar-refractivity contribution in [2.75, 3.05) is 85.8 Å². The minimum atomic E-state index is 0. The van der Waals surface area contributed by atoms with Crippen molar-refractivity contribution in [3.05, 3.63) is 0 Å². The Bertz CT molecular complexity index is 448. The topological polar surface area (TPSA) is 61.4 Å². The van der Waals surface area contributed by atoms with E-state index < -0.39 is 0 Å². The zero-order chi connectivity index (χ0) is 18.8. The molecular weight excluding hydrogens is 469 g/mol. The number of guanidine groups is 1. The summed E-state index contributed by atoms with van der Waals surface area (Å²) in [5.41, 5.74) is 0.372. The molecule has 2 heterocycles. The summed E-state index contributed by atoms with van der Waals surface area (Å²) in [6.45, 7) is 11.9. The molecule has 164 valence electrons. The second kappa shape index (κ2) is 13.2. The minimum Gasteiger partial charge on any atom is -0.379 e. The van der Waals surface area contributed by atoms with Gasteiger partial charge in [0.1, 0.15) is 0 Å². The van der Waals surface area contributed by atoms with Crippen LogP contribution >= 0.6 is 24.0 Å². The lowest BCUT2D eigenvalue weighted by Crippen LogP contribution is -2.51. The van der Waals surface area contributed by atoms with E-state index >= 15 is 0 Å². The predicted molar refractivity (Wildman–Crippen MR) is 125 cm³/mol. The molecule has 1 saturated carbocycles. The van der Waals surface area contributed by atoms with Gasteiger partial charge in [0.25, 0.3) is 0 Å². The zero-order valence-corrected chi connectivity index (χ0v) is 19.9. The van der Waals surface area contributed by atoms with Crippen molar-refractivity contribution in [2.45, 2.75) is 32.1 Å². The van der Waals surface area contributed by atoms with Gasteiger partial charge in [0, 0.05) is 64.8 Å². The van der Waals surface area contributed by atoms with Crippen LogP contribution in [0.1, 0.15) is 32.1 Å². The van der Waals surface area contributed by atoms with Crippen molar-refractivity contribution < 1.29 is 9.47 Å². The first kappa shape index (κ1) is 24.1. The molecular formula is C20H40IN5O2. The number of hydrogen-bond donors (Lipinski definition) is 2. The van der Waals surface area contributed by atoms with Gasteiger partial charge in [0.15, 0.2) is 5.96 Å². The smallest absolute Gasteiger partial charge is 0.191 e. The molecule has 7 nitrogen and oxygen atoms in total. The third-order valence-electron chi connectivity index (χ3n) is 6.26. The van der Waals surface area contributed by atoms with Gasteiger partial charge < -0.3 is 20.1 Å². The number of hydrogen-bond acceptors (Lipinski definition) is 5. The van der Waals surface area contributed by atoms with Gasteiger partial charge >= 0.3 is 0 Å². The maximum Gasteiger partial charge on any atom is 0.191 e. The van der Waals surface area contributed by atoms with Crippen molar-refractivity contribution in [1.82, 2.24) is 20.4 Å². The molecule has 2 aliphatic heterocycles. The van der Waals surface area contributed by atoms with E-state index in [1.165, 1.54) is 38.6 Å². The average molecular weight is 509 g/mol. The molecule has 3 aliphatic rings. The highest BCUT2D eigenvalue weighted by Gasteiger charge is 2.34. The first-order valence-corrected chi connectivity index (χ1v) is 10.8. The molecule has 0 amide bonds. The Morgan fingerprint density at radius 1 is 0.893 bits per heavy atom. The molecule has 0 aromatic heterocycles. The molecule has 2 N–H and O–H groups in total. The van der Waals surface area contributed by atoms with Crippen LogP contribution in [0.25, 0.3) is 0 Å². The Kier molecular flexibility index (Phi) is 11.4. The van der Waals surface area contributed by atoms with E-state index in [1.54, 1.807) is 0 Å². The maximum atomic E-state index is 5.53. The fourth-order valence-corrected chi connectivity index (χ4v) is 4.58. The van der Waals surface area contributed by atoms with E-state index in [9.17, 15) is 0 Å². The molecule has 28 heavy (non-hydrogen) atoms. The van der Waals surface area contributed by atoms with Gasteiger partial charge in [-0.25, -0.2) is 0 Å². The van der Waals surface area contributed by atoms with Gasteiger partial charge in [-0.05, 0) is 12.8 Å². The molecule has 0 unspecified atom stereocenters. The highest BCUT2D eigenvalue weighted by molar-refractivity contribution is 14.0. The summed E-state index contributed by atoms with van der Waals surface area (Å²) >= 11 is 0. The van der Waals surface area contributed by atoms with Gasteiger partial charge in [0.05, 0.1) is 26.4 Å². The van der Waals surface area contributed by atoms with E-state index in [-0.39, 0.29) is 24.0 Å². The summed E-state index contributed by atoms with van der Waals surface area (Å²) in [7, 11) is 1.87. The monoisotopic (exact) mass is 509 g/mol. The van der Waals surface area contributed by atoms with Crippen LogP contribution in [-0.4, -0.2) is 102 Å². The average Bonchev–Trinajstić information content (AvgIpc) is 2.73. The summed E-state index contributed by atoms with van der Waals surface area (Å²) in [6, 6.07) is 0. The third-order valence-corrected chi connectivity index (χ3v) is 6.26. The number of rotatable bonds is 7. The lowest BCUT2D eigenvalue weighted by Gasteiger charge is -2.42. The molecule has 0 atom stereocenters. The lowest BCUT2D eigenvalue weighted by molar-refractivity contribution is 0.00819. The van der Waals surface area contributed by atoms with Crippen molar-refractivity contribution in [3.63, 3.8) is 0 Å². The van der Waals surface area contributed by atoms with Gasteiger partial charge in [0.2, 0.25) is 0 Å². The Balaban J connectivity index is 0.00000280. The number of aliphatic imine (C=N–C) groups is 1. The van der Waals surface area contributed by atoms with Crippen LogP contribution < -0.4 is 10.6 Å². The predicted octanol–water partition coefficient (Wildman–Crippen LogP) is 1.38. The van der Waals surface area contributed by atoms with Gasteiger partial charge in [-0.15, -0.1) is 24.0 Å². The molecule has 1 aliphatic carbocycles. The van der Waals surface area contributed by atoms with Crippen LogP contribution in [0.5, 0.6) is 0 Å². The van der Waals surface area contributed by atoms with E-state index in [0.717, 1.165) is 78.2 Å². The van der Waals surface area contributed by atoms with E-state index in [1.807, 2.05) is 7.05 Å². The molecule has 0 spiro atoms. The normalized spacial score (nSPS) is 24.4. The Hall–Kier alpha value is -0.160. The number of nitrogens with zero attached hydrogens (tertiary/aromatic N) is 3. The van der Waals surface area contributed by atoms with Crippen molar-refractivity contribution >= 4 is 29.9 Å². The first-order valence-electron chi connectivity index (χ1n) is 10.8. The molecule has 0 radical (unpaired) electrons. The van der Waals surface area contributed by atoms with Crippen LogP contribution in [0, 0.1) is 5.41 Å². The van der Waals surface area contributed by atoms with Crippen molar-refractivity contribution in [3.8, 4) is 0 Å². The fourth-order valence-electron chi connectivity index (χ4n) is 4.58. The lowest BCUT2D eigenvalue weighted by atomic mass is 9.73. The highest BCUT2D eigenvalue weighted by atomic mass is 127.